The number of halogens is 1. The van der Waals surface area contributed by atoms with Crippen LogP contribution in [0.15, 0.2) is 18.7 Å². The summed E-state index contributed by atoms with van der Waals surface area (Å²) in [6.07, 6.45) is 8.82. The first-order chi connectivity index (χ1) is 8.22. The summed E-state index contributed by atoms with van der Waals surface area (Å²) in [7, 11) is 0. The normalized spacial score (nSPS) is 25.8. The van der Waals surface area contributed by atoms with Gasteiger partial charge < -0.3 is 9.88 Å². The smallest absolute Gasteiger partial charge is 0.224 e. The first-order valence-electron chi connectivity index (χ1n) is 6.06. The molecule has 1 aliphatic rings. The van der Waals surface area contributed by atoms with Gasteiger partial charge in [-0.15, -0.1) is 11.6 Å². The summed E-state index contributed by atoms with van der Waals surface area (Å²) < 4.78 is 2.09. The van der Waals surface area contributed by atoms with Crippen molar-refractivity contribution in [3.63, 3.8) is 0 Å². The standard InChI is InChI=1S/C12H18ClN3O/c1-9(7-13)12(17)15-10-3-2-4-11(10)16-6-5-14-8-16/h5-6,8-11H,2-4,7H2,1H3,(H,15,17). The molecule has 0 bridgehead atoms. The molecule has 1 amide bonds. The molecule has 0 radical (unpaired) electrons. The predicted molar refractivity (Wildman–Crippen MR) is 66.9 cm³/mol. The lowest BCUT2D eigenvalue weighted by molar-refractivity contribution is -0.124. The molecule has 1 aliphatic carbocycles. The van der Waals surface area contributed by atoms with Crippen LogP contribution in [-0.2, 0) is 4.79 Å². The fraction of sp³-hybridized carbons (Fsp3) is 0.667. The van der Waals surface area contributed by atoms with Gasteiger partial charge in [-0.05, 0) is 19.3 Å². The molecule has 1 heterocycles. The zero-order valence-corrected chi connectivity index (χ0v) is 10.7. The number of hydrogen-bond acceptors (Lipinski definition) is 2. The maximum atomic E-state index is 11.8. The Morgan fingerprint density at radius 2 is 2.47 bits per heavy atom. The number of amides is 1. The Bertz CT molecular complexity index is 366. The molecule has 17 heavy (non-hydrogen) atoms. The highest BCUT2D eigenvalue weighted by Crippen LogP contribution is 2.30. The predicted octanol–water partition coefficient (Wildman–Crippen LogP) is 1.97. The van der Waals surface area contributed by atoms with E-state index in [-0.39, 0.29) is 17.9 Å². The fourth-order valence-electron chi connectivity index (χ4n) is 2.33. The zero-order chi connectivity index (χ0) is 12.3. The lowest BCUT2D eigenvalue weighted by Gasteiger charge is -2.23. The van der Waals surface area contributed by atoms with E-state index in [4.69, 9.17) is 11.6 Å². The minimum atomic E-state index is -0.124. The molecule has 94 valence electrons. The number of hydrogen-bond donors (Lipinski definition) is 1. The van der Waals surface area contributed by atoms with E-state index in [1.54, 1.807) is 6.20 Å². The molecular weight excluding hydrogens is 238 g/mol. The highest BCUT2D eigenvalue weighted by Gasteiger charge is 2.30. The van der Waals surface area contributed by atoms with Crippen LogP contribution in [0.1, 0.15) is 32.2 Å². The molecule has 1 saturated carbocycles. The number of carbonyl (C=O) groups is 1. The third-order valence-electron chi connectivity index (χ3n) is 3.39. The number of imidazole rings is 1. The monoisotopic (exact) mass is 255 g/mol. The maximum absolute atomic E-state index is 11.8. The van der Waals surface area contributed by atoms with Crippen molar-refractivity contribution in [1.82, 2.24) is 14.9 Å². The summed E-state index contributed by atoms with van der Waals surface area (Å²) in [6, 6.07) is 0.548. The Balaban J connectivity index is 1.98. The molecule has 1 aromatic heterocycles. The van der Waals surface area contributed by atoms with Crippen LogP contribution in [0.4, 0.5) is 0 Å². The van der Waals surface area contributed by atoms with Crippen LogP contribution < -0.4 is 5.32 Å². The van der Waals surface area contributed by atoms with Crippen molar-refractivity contribution >= 4 is 17.5 Å². The van der Waals surface area contributed by atoms with Crippen LogP contribution in [0.5, 0.6) is 0 Å². The van der Waals surface area contributed by atoms with Crippen molar-refractivity contribution < 1.29 is 4.79 Å². The van der Waals surface area contributed by atoms with Gasteiger partial charge in [0.1, 0.15) is 0 Å². The summed E-state index contributed by atoms with van der Waals surface area (Å²) in [4.78, 5) is 15.9. The third-order valence-corrected chi connectivity index (χ3v) is 3.86. The minimum absolute atomic E-state index is 0.0528. The van der Waals surface area contributed by atoms with E-state index in [0.717, 1.165) is 19.3 Å². The molecule has 0 aliphatic heterocycles. The zero-order valence-electron chi connectivity index (χ0n) is 9.97. The number of nitrogens with zero attached hydrogens (tertiary/aromatic N) is 2. The highest BCUT2D eigenvalue weighted by atomic mass is 35.5. The summed E-state index contributed by atoms with van der Waals surface area (Å²) in [5.41, 5.74) is 0. The van der Waals surface area contributed by atoms with Crippen molar-refractivity contribution in [1.29, 1.82) is 0 Å². The minimum Gasteiger partial charge on any atom is -0.351 e. The van der Waals surface area contributed by atoms with Gasteiger partial charge in [-0.25, -0.2) is 4.98 Å². The van der Waals surface area contributed by atoms with Gasteiger partial charge in [-0.1, -0.05) is 6.92 Å². The van der Waals surface area contributed by atoms with Crippen LogP contribution in [0.3, 0.4) is 0 Å². The third kappa shape index (κ3) is 2.80. The second-order valence-electron chi connectivity index (χ2n) is 4.68. The molecule has 3 unspecified atom stereocenters. The molecule has 1 fully saturated rings. The van der Waals surface area contributed by atoms with Crippen molar-refractivity contribution in [2.75, 3.05) is 5.88 Å². The lowest BCUT2D eigenvalue weighted by Crippen LogP contribution is -2.41. The van der Waals surface area contributed by atoms with Crippen molar-refractivity contribution in [2.45, 2.75) is 38.3 Å². The molecule has 0 aromatic carbocycles. The van der Waals surface area contributed by atoms with Crippen LogP contribution >= 0.6 is 11.6 Å². The van der Waals surface area contributed by atoms with E-state index in [0.29, 0.717) is 11.9 Å². The number of nitrogens with one attached hydrogen (secondary N) is 1. The Morgan fingerprint density at radius 3 is 3.12 bits per heavy atom. The van der Waals surface area contributed by atoms with Gasteiger partial charge >= 0.3 is 0 Å². The average Bonchev–Trinajstić information content (AvgIpc) is 2.97. The first-order valence-corrected chi connectivity index (χ1v) is 6.59. The van der Waals surface area contributed by atoms with Crippen molar-refractivity contribution in [2.24, 2.45) is 5.92 Å². The summed E-state index contributed by atoms with van der Waals surface area (Å²) in [5.74, 6) is 0.298. The lowest BCUT2D eigenvalue weighted by atomic mass is 10.1. The molecule has 1 aromatic rings. The van der Waals surface area contributed by atoms with Gasteiger partial charge in [0.15, 0.2) is 0 Å². The van der Waals surface area contributed by atoms with Gasteiger partial charge in [0, 0.05) is 30.2 Å². The summed E-state index contributed by atoms with van der Waals surface area (Å²) >= 11 is 5.69. The van der Waals surface area contributed by atoms with Crippen molar-refractivity contribution in [3.05, 3.63) is 18.7 Å². The number of carbonyl (C=O) groups excluding carboxylic acids is 1. The van der Waals surface area contributed by atoms with E-state index in [2.05, 4.69) is 14.9 Å². The van der Waals surface area contributed by atoms with Gasteiger partial charge in [-0.3, -0.25) is 4.79 Å². The largest absolute Gasteiger partial charge is 0.351 e. The van der Waals surface area contributed by atoms with Gasteiger partial charge in [0.05, 0.1) is 12.4 Å². The molecular formula is C12H18ClN3O. The Kier molecular flexibility index (Phi) is 4.05. The second-order valence-corrected chi connectivity index (χ2v) is 4.99. The molecule has 5 heteroatoms. The molecule has 1 N–H and O–H groups in total. The Hall–Kier alpha value is -1.03. The molecule has 2 rings (SSSR count). The second kappa shape index (κ2) is 5.54. The Morgan fingerprint density at radius 1 is 1.65 bits per heavy atom. The topological polar surface area (TPSA) is 46.9 Å². The molecule has 3 atom stereocenters. The highest BCUT2D eigenvalue weighted by molar-refractivity contribution is 6.19. The summed E-state index contributed by atoms with van der Waals surface area (Å²) in [6.45, 7) is 1.85. The van der Waals surface area contributed by atoms with E-state index in [1.807, 2.05) is 19.4 Å². The van der Waals surface area contributed by atoms with Crippen LogP contribution in [0, 0.1) is 5.92 Å². The van der Waals surface area contributed by atoms with Crippen LogP contribution in [-0.4, -0.2) is 27.4 Å². The van der Waals surface area contributed by atoms with Crippen molar-refractivity contribution in [3.8, 4) is 0 Å². The van der Waals surface area contributed by atoms with E-state index < -0.39 is 0 Å². The van der Waals surface area contributed by atoms with E-state index in [1.165, 1.54) is 0 Å². The maximum Gasteiger partial charge on any atom is 0.224 e. The number of alkyl halides is 1. The van der Waals surface area contributed by atoms with Crippen LogP contribution in [0.25, 0.3) is 0 Å². The van der Waals surface area contributed by atoms with Crippen LogP contribution in [0.2, 0.25) is 0 Å². The fourth-order valence-corrected chi connectivity index (χ4v) is 2.47. The van der Waals surface area contributed by atoms with Gasteiger partial charge in [0.25, 0.3) is 0 Å². The first kappa shape index (κ1) is 12.4. The molecule has 0 saturated heterocycles. The number of rotatable bonds is 4. The quantitative estimate of drug-likeness (QED) is 0.837. The average molecular weight is 256 g/mol. The van der Waals surface area contributed by atoms with E-state index in [9.17, 15) is 4.79 Å². The van der Waals surface area contributed by atoms with E-state index >= 15 is 0 Å². The molecule has 4 nitrogen and oxygen atoms in total. The number of aromatic nitrogens is 2. The van der Waals surface area contributed by atoms with Gasteiger partial charge in [0.2, 0.25) is 5.91 Å². The Labute approximate surface area is 106 Å². The van der Waals surface area contributed by atoms with Gasteiger partial charge in [-0.2, -0.15) is 0 Å². The summed E-state index contributed by atoms with van der Waals surface area (Å²) in [5, 5.41) is 3.10. The molecule has 0 spiro atoms. The SMILES string of the molecule is CC(CCl)C(=O)NC1CCCC1n1ccnc1.